The zero-order valence-electron chi connectivity index (χ0n) is 18.5. The summed E-state index contributed by atoms with van der Waals surface area (Å²) in [5.74, 6) is -0.0133. The maximum absolute atomic E-state index is 12.0. The van der Waals surface area contributed by atoms with Crippen molar-refractivity contribution in [3.63, 3.8) is 0 Å². The van der Waals surface area contributed by atoms with Gasteiger partial charge in [-0.15, -0.1) is 0 Å². The zero-order chi connectivity index (χ0) is 21.6. The Kier molecular flexibility index (Phi) is 7.59. The van der Waals surface area contributed by atoms with Gasteiger partial charge in [-0.05, 0) is 87.7 Å². The lowest BCUT2D eigenvalue weighted by Crippen LogP contribution is -2.43. The number of aliphatic carboxylic acids is 1. The molecule has 6 heteroatoms. The molecule has 2 N–H and O–H groups in total. The minimum absolute atomic E-state index is 0.142. The lowest BCUT2D eigenvalue weighted by Gasteiger charge is -2.35. The van der Waals surface area contributed by atoms with Crippen LogP contribution >= 0.6 is 0 Å². The van der Waals surface area contributed by atoms with Crippen LogP contribution in [0.4, 0.5) is 0 Å². The molecule has 0 bridgehead atoms. The molecule has 170 valence electrons. The first-order chi connectivity index (χ1) is 15.1. The number of carbonyl (C=O) groups excluding carboxylic acids is 1. The summed E-state index contributed by atoms with van der Waals surface area (Å²) in [5.41, 5.74) is 3.96. The molecular formula is C25H36N2O4. The molecule has 3 aliphatic carbocycles. The summed E-state index contributed by atoms with van der Waals surface area (Å²) in [6, 6.07) is 3.62. The van der Waals surface area contributed by atoms with Gasteiger partial charge in [-0.25, -0.2) is 4.79 Å². The Morgan fingerprint density at radius 2 is 1.94 bits per heavy atom. The van der Waals surface area contributed by atoms with Crippen molar-refractivity contribution in [1.82, 2.24) is 10.3 Å². The number of carboxylic acid groups (broad SMARTS) is 1. The van der Waals surface area contributed by atoms with Gasteiger partial charge < -0.3 is 15.2 Å². The Balaban J connectivity index is 1.10. The van der Waals surface area contributed by atoms with E-state index in [1.807, 2.05) is 0 Å². The van der Waals surface area contributed by atoms with Crippen LogP contribution in [0.15, 0.2) is 12.1 Å². The van der Waals surface area contributed by atoms with Crippen LogP contribution in [0.3, 0.4) is 0 Å². The van der Waals surface area contributed by atoms with Crippen LogP contribution in [0.25, 0.3) is 0 Å². The van der Waals surface area contributed by atoms with Crippen molar-refractivity contribution < 1.29 is 19.4 Å². The third kappa shape index (κ3) is 6.28. The number of carbonyl (C=O) groups is 2. The first kappa shape index (κ1) is 22.3. The summed E-state index contributed by atoms with van der Waals surface area (Å²) < 4.78 is 5.88. The normalized spacial score (nSPS) is 23.9. The molecule has 2 saturated carbocycles. The van der Waals surface area contributed by atoms with Crippen molar-refractivity contribution in [1.29, 1.82) is 0 Å². The Morgan fingerprint density at radius 1 is 1.13 bits per heavy atom. The van der Waals surface area contributed by atoms with Gasteiger partial charge in [-0.3, -0.25) is 9.78 Å². The number of nitrogens with one attached hydrogen (secondary N) is 1. The van der Waals surface area contributed by atoms with Crippen molar-refractivity contribution in [2.24, 2.45) is 11.8 Å². The number of aryl methyl sites for hydroxylation is 3. The number of carboxylic acids is 1. The van der Waals surface area contributed by atoms with E-state index in [0.717, 1.165) is 44.9 Å². The number of aromatic nitrogens is 1. The van der Waals surface area contributed by atoms with Crippen molar-refractivity contribution in [3.05, 3.63) is 29.1 Å². The summed E-state index contributed by atoms with van der Waals surface area (Å²) >= 11 is 0. The van der Waals surface area contributed by atoms with Crippen LogP contribution in [0.5, 0.6) is 0 Å². The van der Waals surface area contributed by atoms with Crippen molar-refractivity contribution in [3.8, 4) is 0 Å². The van der Waals surface area contributed by atoms with Gasteiger partial charge in [0.1, 0.15) is 6.04 Å². The van der Waals surface area contributed by atoms with Gasteiger partial charge in [0.05, 0.1) is 6.10 Å². The molecule has 1 heterocycles. The highest BCUT2D eigenvalue weighted by atomic mass is 16.5. The molecule has 1 aromatic heterocycles. The van der Waals surface area contributed by atoms with Crippen molar-refractivity contribution in [2.75, 3.05) is 6.61 Å². The standard InChI is InChI=1S/C25H36N2O4/c28-24(16-17-4-3-5-17)27-23(25(29)30)12-13-31-21-14-18(15-21)8-10-20-11-9-19-6-1-2-7-22(19)26-20/h9,11,17-18,21,23H,1-8,10,12-16H2,(H,27,28)(H,29,30). The molecule has 1 amide bonds. The van der Waals surface area contributed by atoms with Gasteiger partial charge in [0, 0.05) is 30.8 Å². The van der Waals surface area contributed by atoms with Gasteiger partial charge in [0.15, 0.2) is 0 Å². The molecule has 0 radical (unpaired) electrons. The van der Waals surface area contributed by atoms with Gasteiger partial charge in [-0.1, -0.05) is 12.5 Å². The molecule has 31 heavy (non-hydrogen) atoms. The molecule has 6 nitrogen and oxygen atoms in total. The van der Waals surface area contributed by atoms with E-state index < -0.39 is 12.0 Å². The van der Waals surface area contributed by atoms with Crippen molar-refractivity contribution >= 4 is 11.9 Å². The van der Waals surface area contributed by atoms with Crippen LogP contribution in [-0.2, 0) is 33.6 Å². The number of ether oxygens (including phenoxy) is 1. The largest absolute Gasteiger partial charge is 0.480 e. The van der Waals surface area contributed by atoms with Gasteiger partial charge in [-0.2, -0.15) is 0 Å². The summed E-state index contributed by atoms with van der Waals surface area (Å²) in [7, 11) is 0. The molecule has 1 unspecified atom stereocenters. The smallest absolute Gasteiger partial charge is 0.326 e. The Morgan fingerprint density at radius 3 is 2.68 bits per heavy atom. The van der Waals surface area contributed by atoms with Crippen LogP contribution in [0.1, 0.15) is 81.2 Å². The predicted octanol–water partition coefficient (Wildman–Crippen LogP) is 3.84. The lowest BCUT2D eigenvalue weighted by atomic mass is 9.79. The molecule has 0 saturated heterocycles. The molecular weight excluding hydrogens is 392 g/mol. The fraction of sp³-hybridized carbons (Fsp3) is 0.720. The second kappa shape index (κ2) is 10.6. The van der Waals surface area contributed by atoms with E-state index in [0.29, 0.717) is 31.3 Å². The first-order valence-corrected chi connectivity index (χ1v) is 12.2. The van der Waals surface area contributed by atoms with E-state index in [-0.39, 0.29) is 12.0 Å². The molecule has 0 aliphatic heterocycles. The van der Waals surface area contributed by atoms with Gasteiger partial charge >= 0.3 is 5.97 Å². The van der Waals surface area contributed by atoms with Crippen molar-refractivity contribution in [2.45, 2.75) is 95.6 Å². The van der Waals surface area contributed by atoms with E-state index >= 15 is 0 Å². The predicted molar refractivity (Wildman–Crippen MR) is 118 cm³/mol. The van der Waals surface area contributed by atoms with Crippen LogP contribution < -0.4 is 5.32 Å². The number of nitrogens with zero attached hydrogens (tertiary/aromatic N) is 1. The van der Waals surface area contributed by atoms with Gasteiger partial charge in [0.2, 0.25) is 5.91 Å². The molecule has 2 fully saturated rings. The molecule has 4 rings (SSSR count). The zero-order valence-corrected chi connectivity index (χ0v) is 18.5. The number of fused-ring (bicyclic) bond motifs is 1. The second-order valence-electron chi connectivity index (χ2n) is 9.73. The maximum atomic E-state index is 12.0. The summed E-state index contributed by atoms with van der Waals surface area (Å²) in [5, 5.41) is 12.1. The highest BCUT2D eigenvalue weighted by Gasteiger charge is 2.30. The van der Waals surface area contributed by atoms with Crippen LogP contribution in [0, 0.1) is 11.8 Å². The average molecular weight is 429 g/mol. The average Bonchev–Trinajstić information content (AvgIpc) is 2.70. The SMILES string of the molecule is O=C(CC1CCC1)NC(CCOC1CC(CCc2ccc3c(n2)CCCC3)C1)C(=O)O. The minimum Gasteiger partial charge on any atom is -0.480 e. The molecule has 0 aromatic carbocycles. The molecule has 0 spiro atoms. The first-order valence-electron chi connectivity index (χ1n) is 12.2. The topological polar surface area (TPSA) is 88.5 Å². The van der Waals surface area contributed by atoms with Gasteiger partial charge in [0.25, 0.3) is 0 Å². The van der Waals surface area contributed by atoms with E-state index in [9.17, 15) is 14.7 Å². The third-order valence-electron chi connectivity index (χ3n) is 7.33. The Bertz CT molecular complexity index is 771. The summed E-state index contributed by atoms with van der Waals surface area (Å²) in [4.78, 5) is 28.3. The maximum Gasteiger partial charge on any atom is 0.326 e. The highest BCUT2D eigenvalue weighted by Crippen LogP contribution is 2.34. The second-order valence-corrected chi connectivity index (χ2v) is 9.73. The summed E-state index contributed by atoms with van der Waals surface area (Å²) in [6.07, 6.45) is 13.4. The van der Waals surface area contributed by atoms with E-state index in [1.165, 1.54) is 42.6 Å². The number of pyridine rings is 1. The molecule has 3 aliphatic rings. The quantitative estimate of drug-likeness (QED) is 0.559. The lowest BCUT2D eigenvalue weighted by molar-refractivity contribution is -0.143. The third-order valence-corrected chi connectivity index (χ3v) is 7.33. The summed E-state index contributed by atoms with van der Waals surface area (Å²) in [6.45, 7) is 0.379. The fourth-order valence-corrected chi connectivity index (χ4v) is 4.99. The number of amides is 1. The monoisotopic (exact) mass is 428 g/mol. The van der Waals surface area contributed by atoms with E-state index in [2.05, 4.69) is 17.4 Å². The Labute approximate surface area is 185 Å². The Hall–Kier alpha value is -1.95. The minimum atomic E-state index is -0.977. The van der Waals surface area contributed by atoms with Crippen LogP contribution in [0.2, 0.25) is 0 Å². The fourth-order valence-electron chi connectivity index (χ4n) is 4.99. The molecule has 1 aromatic rings. The van der Waals surface area contributed by atoms with Crippen LogP contribution in [-0.4, -0.2) is 40.7 Å². The number of hydrogen-bond acceptors (Lipinski definition) is 4. The number of rotatable bonds is 11. The van der Waals surface area contributed by atoms with E-state index in [1.54, 1.807) is 0 Å². The molecule has 1 atom stereocenters. The number of hydrogen-bond donors (Lipinski definition) is 2. The van der Waals surface area contributed by atoms with E-state index in [4.69, 9.17) is 9.72 Å². The highest BCUT2D eigenvalue weighted by molar-refractivity contribution is 5.83.